The van der Waals surface area contributed by atoms with Crippen LogP contribution in [0.4, 0.5) is 0 Å². The Kier molecular flexibility index (Phi) is 9.35. The molecule has 0 saturated heterocycles. The van der Waals surface area contributed by atoms with Crippen LogP contribution in [0.2, 0.25) is 0 Å². The molecular formula is C23H32Cl2O2. The summed E-state index contributed by atoms with van der Waals surface area (Å²) in [5.74, 6) is 0.576. The van der Waals surface area contributed by atoms with Gasteiger partial charge in [0.15, 0.2) is 0 Å². The third kappa shape index (κ3) is 6.62. The van der Waals surface area contributed by atoms with E-state index in [9.17, 15) is 9.90 Å². The van der Waals surface area contributed by atoms with Crippen LogP contribution in [0.5, 0.6) is 0 Å². The predicted octanol–water partition coefficient (Wildman–Crippen LogP) is 6.54. The molecule has 0 spiro atoms. The number of benzene rings is 1. The number of halogens is 2. The van der Waals surface area contributed by atoms with Gasteiger partial charge in [-0.25, -0.2) is 0 Å². The van der Waals surface area contributed by atoms with Gasteiger partial charge in [-0.3, -0.25) is 0 Å². The Hall–Kier alpha value is -0.830. The number of hydrogen-bond donors (Lipinski definition) is 1. The quantitative estimate of drug-likeness (QED) is 0.194. The molecule has 150 valence electrons. The third-order valence-electron chi connectivity index (χ3n) is 5.66. The number of aliphatic hydroxyl groups excluding tert-OH is 1. The number of aldehydes is 1. The molecule has 0 radical (unpaired) electrons. The first-order chi connectivity index (χ1) is 12.9. The molecule has 0 amide bonds. The summed E-state index contributed by atoms with van der Waals surface area (Å²) < 4.78 is 0. The van der Waals surface area contributed by atoms with Crippen LogP contribution in [0, 0.1) is 5.92 Å². The molecule has 1 aromatic rings. The van der Waals surface area contributed by atoms with Gasteiger partial charge in [0.05, 0.1) is 6.10 Å². The van der Waals surface area contributed by atoms with Crippen molar-refractivity contribution in [1.82, 2.24) is 0 Å². The zero-order chi connectivity index (χ0) is 19.8. The van der Waals surface area contributed by atoms with Crippen molar-refractivity contribution in [3.05, 3.63) is 47.5 Å². The highest BCUT2D eigenvalue weighted by Crippen LogP contribution is 2.47. The van der Waals surface area contributed by atoms with E-state index in [1.165, 1.54) is 5.56 Å². The highest BCUT2D eigenvalue weighted by Gasteiger charge is 2.41. The molecule has 1 N–H and O–H groups in total. The van der Waals surface area contributed by atoms with E-state index in [0.29, 0.717) is 12.3 Å². The molecule has 4 heteroatoms. The van der Waals surface area contributed by atoms with E-state index >= 15 is 0 Å². The Morgan fingerprint density at radius 1 is 1.22 bits per heavy atom. The van der Waals surface area contributed by atoms with Crippen LogP contribution in [0.15, 0.2) is 36.4 Å². The lowest BCUT2D eigenvalue weighted by atomic mass is 9.84. The Morgan fingerprint density at radius 3 is 2.56 bits per heavy atom. The van der Waals surface area contributed by atoms with Crippen LogP contribution in [0.3, 0.4) is 0 Å². The number of hydrogen-bond acceptors (Lipinski definition) is 2. The normalized spacial score (nSPS) is 26.1. The van der Waals surface area contributed by atoms with Crippen molar-refractivity contribution in [3.63, 3.8) is 0 Å². The van der Waals surface area contributed by atoms with E-state index in [2.05, 4.69) is 18.7 Å². The van der Waals surface area contributed by atoms with Crippen LogP contribution in [-0.4, -0.2) is 22.1 Å². The predicted molar refractivity (Wildman–Crippen MR) is 115 cm³/mol. The number of allylic oxidation sites excluding steroid dienone is 1. The first-order valence-corrected chi connectivity index (χ1v) is 11.0. The lowest BCUT2D eigenvalue weighted by Gasteiger charge is -2.24. The minimum Gasteiger partial charge on any atom is -0.388 e. The monoisotopic (exact) mass is 410 g/mol. The van der Waals surface area contributed by atoms with Crippen molar-refractivity contribution in [3.8, 4) is 0 Å². The van der Waals surface area contributed by atoms with Crippen LogP contribution in [-0.2, 0) is 4.79 Å². The van der Waals surface area contributed by atoms with Crippen molar-refractivity contribution < 1.29 is 9.90 Å². The smallest absolute Gasteiger partial charge is 0.119 e. The van der Waals surface area contributed by atoms with Gasteiger partial charge in [0.25, 0.3) is 0 Å². The van der Waals surface area contributed by atoms with Gasteiger partial charge in [-0.1, -0.05) is 36.3 Å². The molecule has 0 heterocycles. The van der Waals surface area contributed by atoms with Crippen molar-refractivity contribution in [2.75, 3.05) is 0 Å². The largest absolute Gasteiger partial charge is 0.388 e. The lowest BCUT2D eigenvalue weighted by Crippen LogP contribution is -2.17. The zero-order valence-electron chi connectivity index (χ0n) is 16.2. The minimum absolute atomic E-state index is 0.0370. The van der Waals surface area contributed by atoms with Gasteiger partial charge < -0.3 is 9.90 Å². The van der Waals surface area contributed by atoms with Gasteiger partial charge in [-0.05, 0) is 62.5 Å². The van der Waals surface area contributed by atoms with Gasteiger partial charge in [-0.2, -0.15) is 0 Å². The van der Waals surface area contributed by atoms with Gasteiger partial charge >= 0.3 is 0 Å². The summed E-state index contributed by atoms with van der Waals surface area (Å²) >= 11 is 13.2. The second-order valence-electron chi connectivity index (χ2n) is 7.94. The van der Waals surface area contributed by atoms with Crippen LogP contribution in [0.25, 0.3) is 0 Å². The van der Waals surface area contributed by atoms with E-state index in [-0.39, 0.29) is 16.7 Å². The van der Waals surface area contributed by atoms with Gasteiger partial charge in [0.2, 0.25) is 0 Å². The fraction of sp³-hybridized carbons (Fsp3) is 0.609. The number of carbonyl (C=O) groups excluding carboxylic acids is 1. The number of alkyl halides is 2. The maximum atomic E-state index is 10.5. The summed E-state index contributed by atoms with van der Waals surface area (Å²) in [7, 11) is 0. The third-order valence-corrected chi connectivity index (χ3v) is 6.61. The van der Waals surface area contributed by atoms with Gasteiger partial charge in [0.1, 0.15) is 6.29 Å². The first kappa shape index (κ1) is 22.5. The topological polar surface area (TPSA) is 37.3 Å². The molecule has 1 fully saturated rings. The fourth-order valence-electron chi connectivity index (χ4n) is 4.16. The van der Waals surface area contributed by atoms with E-state index in [1.807, 2.05) is 19.1 Å². The number of rotatable bonds is 11. The molecule has 0 aliphatic heterocycles. The van der Waals surface area contributed by atoms with E-state index < -0.39 is 6.10 Å². The van der Waals surface area contributed by atoms with Crippen LogP contribution < -0.4 is 0 Å². The van der Waals surface area contributed by atoms with Crippen LogP contribution >= 0.6 is 23.2 Å². The Bertz CT molecular complexity index is 599. The standard InChI is InChI=1S/C23H32Cl2O2/c1-16(2)7-6-9-22(27)17-10-12-18(13-11-17)23-19(8-4-3-5-14-26)20(24)15-21(23)25/h10-14,19-23,27H,1,3-9,15H2,2H3. The van der Waals surface area contributed by atoms with Crippen LogP contribution in [0.1, 0.15) is 81.4 Å². The molecule has 1 aliphatic rings. The Morgan fingerprint density at radius 2 is 1.93 bits per heavy atom. The van der Waals surface area contributed by atoms with E-state index in [1.54, 1.807) is 0 Å². The number of unbranched alkanes of at least 4 members (excludes halogenated alkanes) is 2. The molecular weight excluding hydrogens is 379 g/mol. The minimum atomic E-state index is -0.436. The second kappa shape index (κ2) is 11.2. The molecule has 5 atom stereocenters. The molecule has 27 heavy (non-hydrogen) atoms. The highest BCUT2D eigenvalue weighted by molar-refractivity contribution is 6.25. The molecule has 2 rings (SSSR count). The lowest BCUT2D eigenvalue weighted by molar-refractivity contribution is -0.107. The molecule has 0 aromatic heterocycles. The Labute approximate surface area is 174 Å². The van der Waals surface area contributed by atoms with E-state index in [4.69, 9.17) is 23.2 Å². The zero-order valence-corrected chi connectivity index (χ0v) is 17.8. The van der Waals surface area contributed by atoms with Crippen molar-refractivity contribution in [2.24, 2.45) is 5.92 Å². The second-order valence-corrected chi connectivity index (χ2v) is 9.06. The van der Waals surface area contributed by atoms with Crippen molar-refractivity contribution >= 4 is 29.5 Å². The summed E-state index contributed by atoms with van der Waals surface area (Å²) in [6, 6.07) is 8.25. The summed E-state index contributed by atoms with van der Waals surface area (Å²) in [4.78, 5) is 10.5. The van der Waals surface area contributed by atoms with E-state index in [0.717, 1.165) is 62.4 Å². The molecule has 5 unspecified atom stereocenters. The maximum Gasteiger partial charge on any atom is 0.119 e. The highest BCUT2D eigenvalue weighted by atomic mass is 35.5. The van der Waals surface area contributed by atoms with Crippen molar-refractivity contribution in [1.29, 1.82) is 0 Å². The summed E-state index contributed by atoms with van der Waals surface area (Å²) in [6.07, 6.45) is 7.55. The molecule has 1 aliphatic carbocycles. The van der Waals surface area contributed by atoms with Gasteiger partial charge in [0, 0.05) is 23.1 Å². The number of carbonyl (C=O) groups is 1. The summed E-state index contributed by atoms with van der Waals surface area (Å²) in [6.45, 7) is 5.93. The number of aliphatic hydroxyl groups is 1. The summed E-state index contributed by atoms with van der Waals surface area (Å²) in [5.41, 5.74) is 3.31. The summed E-state index contributed by atoms with van der Waals surface area (Å²) in [5, 5.41) is 10.5. The molecule has 1 saturated carbocycles. The average Bonchev–Trinajstić information content (AvgIpc) is 2.92. The first-order valence-electron chi connectivity index (χ1n) is 10.1. The van der Waals surface area contributed by atoms with Crippen molar-refractivity contribution in [2.45, 2.75) is 81.1 Å². The van der Waals surface area contributed by atoms with Gasteiger partial charge in [-0.15, -0.1) is 29.8 Å². The average molecular weight is 411 g/mol. The Balaban J connectivity index is 2.00. The maximum absolute atomic E-state index is 10.5. The molecule has 0 bridgehead atoms. The SMILES string of the molecule is C=C(C)CCCC(O)c1ccc(C2C(Cl)CC(Cl)C2CCCCC=O)cc1. The fourth-order valence-corrected chi connectivity index (χ4v) is 5.25. The molecule has 1 aromatic carbocycles. The molecule has 2 nitrogen and oxygen atoms in total.